The summed E-state index contributed by atoms with van der Waals surface area (Å²) in [5.74, 6) is 1.76. The Labute approximate surface area is 83.7 Å². The first-order valence-corrected chi connectivity index (χ1v) is 5.46. The highest BCUT2D eigenvalue weighted by Gasteiger charge is 2.41. The molecule has 2 aliphatic heterocycles. The molecule has 2 heterocycles. The minimum atomic E-state index is 0.0572. The van der Waals surface area contributed by atoms with Gasteiger partial charge < -0.3 is 9.64 Å². The van der Waals surface area contributed by atoms with Gasteiger partial charge in [0.2, 0.25) is 0 Å². The van der Waals surface area contributed by atoms with Crippen LogP contribution in [0.25, 0.3) is 0 Å². The molecule has 1 atom stereocenters. The molecule has 3 nitrogen and oxygen atoms in total. The van der Waals surface area contributed by atoms with E-state index < -0.39 is 0 Å². The minimum absolute atomic E-state index is 0.0572. The van der Waals surface area contributed by atoms with E-state index in [2.05, 4.69) is 0 Å². The van der Waals surface area contributed by atoms with Gasteiger partial charge in [-0.15, -0.1) is 0 Å². The average Bonchev–Trinajstić information content (AvgIpc) is 2.91. The van der Waals surface area contributed by atoms with Crippen LogP contribution >= 0.6 is 0 Å². The summed E-state index contributed by atoms with van der Waals surface area (Å²) in [5, 5.41) is 0. The number of fused-ring (bicyclic) bond motifs is 1. The summed E-state index contributed by atoms with van der Waals surface area (Å²) in [7, 11) is 0. The van der Waals surface area contributed by atoms with Gasteiger partial charge in [0.25, 0.3) is 5.91 Å². The number of rotatable bonds is 1. The van der Waals surface area contributed by atoms with Crippen molar-refractivity contribution in [1.82, 2.24) is 4.90 Å². The monoisotopic (exact) mass is 193 g/mol. The van der Waals surface area contributed by atoms with E-state index in [4.69, 9.17) is 4.74 Å². The molecule has 3 rings (SSSR count). The number of carbonyl (C=O) groups excluding carboxylic acids is 1. The normalized spacial score (nSPS) is 31.9. The SMILES string of the molecule is CC1=C(C2CC2)OC2CCCN2C1=O. The molecule has 2 fully saturated rings. The molecule has 0 radical (unpaired) electrons. The van der Waals surface area contributed by atoms with Crippen molar-refractivity contribution in [2.75, 3.05) is 6.54 Å². The van der Waals surface area contributed by atoms with Crippen LogP contribution in [-0.2, 0) is 9.53 Å². The highest BCUT2D eigenvalue weighted by Crippen LogP contribution is 2.42. The summed E-state index contributed by atoms with van der Waals surface area (Å²) in [6.07, 6.45) is 4.55. The second-order valence-corrected chi connectivity index (χ2v) is 4.48. The molecule has 1 aliphatic carbocycles. The topological polar surface area (TPSA) is 29.5 Å². The molecule has 14 heavy (non-hydrogen) atoms. The molecule has 76 valence electrons. The Morgan fingerprint density at radius 1 is 1.36 bits per heavy atom. The lowest BCUT2D eigenvalue weighted by molar-refractivity contribution is -0.139. The smallest absolute Gasteiger partial charge is 0.255 e. The summed E-state index contributed by atoms with van der Waals surface area (Å²) in [4.78, 5) is 13.8. The molecular formula is C11H15NO2. The maximum Gasteiger partial charge on any atom is 0.255 e. The van der Waals surface area contributed by atoms with Gasteiger partial charge in [0.05, 0.1) is 5.57 Å². The maximum atomic E-state index is 11.9. The molecule has 0 aromatic heterocycles. The Morgan fingerprint density at radius 2 is 2.14 bits per heavy atom. The number of nitrogens with zero attached hydrogens (tertiary/aromatic N) is 1. The molecule has 1 saturated carbocycles. The standard InChI is InChI=1S/C11H15NO2/c1-7-10(8-4-5-8)14-9-3-2-6-12(9)11(7)13/h8-9H,2-6H2,1H3. The third kappa shape index (κ3) is 1.08. The van der Waals surface area contributed by atoms with E-state index in [0.717, 1.165) is 30.7 Å². The van der Waals surface area contributed by atoms with Crippen molar-refractivity contribution in [1.29, 1.82) is 0 Å². The highest BCUT2D eigenvalue weighted by molar-refractivity contribution is 5.94. The first-order chi connectivity index (χ1) is 6.77. The van der Waals surface area contributed by atoms with Crippen LogP contribution in [0.3, 0.4) is 0 Å². The lowest BCUT2D eigenvalue weighted by Crippen LogP contribution is -2.42. The van der Waals surface area contributed by atoms with Gasteiger partial charge in [-0.05, 0) is 26.2 Å². The van der Waals surface area contributed by atoms with Crippen molar-refractivity contribution < 1.29 is 9.53 Å². The van der Waals surface area contributed by atoms with Crippen LogP contribution < -0.4 is 0 Å². The number of ether oxygens (including phenoxy) is 1. The Morgan fingerprint density at radius 3 is 2.86 bits per heavy atom. The van der Waals surface area contributed by atoms with Gasteiger partial charge >= 0.3 is 0 Å². The molecule has 3 aliphatic rings. The van der Waals surface area contributed by atoms with Crippen LogP contribution in [0.5, 0.6) is 0 Å². The number of hydrogen-bond donors (Lipinski definition) is 0. The molecule has 0 bridgehead atoms. The van der Waals surface area contributed by atoms with E-state index in [9.17, 15) is 4.79 Å². The second-order valence-electron chi connectivity index (χ2n) is 4.48. The summed E-state index contributed by atoms with van der Waals surface area (Å²) >= 11 is 0. The van der Waals surface area contributed by atoms with Crippen LogP contribution in [0.4, 0.5) is 0 Å². The van der Waals surface area contributed by atoms with E-state index >= 15 is 0 Å². The lowest BCUT2D eigenvalue weighted by Gasteiger charge is -2.32. The fraction of sp³-hybridized carbons (Fsp3) is 0.727. The molecule has 0 aromatic carbocycles. The van der Waals surface area contributed by atoms with E-state index in [0.29, 0.717) is 5.92 Å². The van der Waals surface area contributed by atoms with Gasteiger partial charge in [-0.25, -0.2) is 0 Å². The van der Waals surface area contributed by atoms with Crippen molar-refractivity contribution in [3.05, 3.63) is 11.3 Å². The largest absolute Gasteiger partial charge is 0.474 e. The second kappa shape index (κ2) is 2.75. The van der Waals surface area contributed by atoms with Crippen LogP contribution in [0.2, 0.25) is 0 Å². The minimum Gasteiger partial charge on any atom is -0.474 e. The third-order valence-corrected chi connectivity index (χ3v) is 3.36. The molecule has 0 spiro atoms. The summed E-state index contributed by atoms with van der Waals surface area (Å²) in [6.45, 7) is 2.78. The number of amides is 1. The molecule has 0 N–H and O–H groups in total. The molecule has 1 unspecified atom stereocenters. The Bertz CT molecular complexity index is 317. The predicted octanol–water partition coefficient (Wildman–Crippen LogP) is 1.65. The predicted molar refractivity (Wildman–Crippen MR) is 51.2 cm³/mol. The summed E-state index contributed by atoms with van der Waals surface area (Å²) < 4.78 is 5.90. The van der Waals surface area contributed by atoms with Gasteiger partial charge in [0.1, 0.15) is 5.76 Å². The Balaban J connectivity index is 1.93. The van der Waals surface area contributed by atoms with E-state index in [1.54, 1.807) is 0 Å². The fourth-order valence-corrected chi connectivity index (χ4v) is 2.39. The molecule has 1 amide bonds. The van der Waals surface area contributed by atoms with E-state index in [1.165, 1.54) is 12.8 Å². The quantitative estimate of drug-likeness (QED) is 0.633. The highest BCUT2D eigenvalue weighted by atomic mass is 16.5. The van der Waals surface area contributed by atoms with Crippen molar-refractivity contribution in [3.63, 3.8) is 0 Å². The van der Waals surface area contributed by atoms with E-state index in [-0.39, 0.29) is 12.1 Å². The van der Waals surface area contributed by atoms with Crippen LogP contribution in [0, 0.1) is 5.92 Å². The van der Waals surface area contributed by atoms with Crippen molar-refractivity contribution in [2.24, 2.45) is 5.92 Å². The Kier molecular flexibility index (Phi) is 1.64. The van der Waals surface area contributed by atoms with Crippen LogP contribution in [0.15, 0.2) is 11.3 Å². The van der Waals surface area contributed by atoms with Gasteiger partial charge in [-0.1, -0.05) is 0 Å². The fourth-order valence-electron chi connectivity index (χ4n) is 2.39. The van der Waals surface area contributed by atoms with Crippen molar-refractivity contribution in [2.45, 2.75) is 38.8 Å². The van der Waals surface area contributed by atoms with Crippen LogP contribution in [-0.4, -0.2) is 23.6 Å². The van der Waals surface area contributed by atoms with Gasteiger partial charge in [0.15, 0.2) is 6.23 Å². The summed E-state index contributed by atoms with van der Waals surface area (Å²) in [6, 6.07) is 0. The number of carbonyl (C=O) groups is 1. The number of allylic oxidation sites excluding steroid dienone is 1. The van der Waals surface area contributed by atoms with Crippen LogP contribution in [0.1, 0.15) is 32.6 Å². The van der Waals surface area contributed by atoms with Crippen molar-refractivity contribution >= 4 is 5.91 Å². The van der Waals surface area contributed by atoms with Gasteiger partial charge in [0, 0.05) is 18.9 Å². The molecule has 1 saturated heterocycles. The molecular weight excluding hydrogens is 178 g/mol. The third-order valence-electron chi connectivity index (χ3n) is 3.36. The van der Waals surface area contributed by atoms with E-state index in [1.807, 2.05) is 11.8 Å². The zero-order chi connectivity index (χ0) is 9.71. The van der Waals surface area contributed by atoms with Gasteiger partial charge in [-0.2, -0.15) is 0 Å². The first kappa shape index (κ1) is 8.33. The van der Waals surface area contributed by atoms with Crippen molar-refractivity contribution in [3.8, 4) is 0 Å². The first-order valence-electron chi connectivity index (χ1n) is 5.46. The number of hydrogen-bond acceptors (Lipinski definition) is 2. The maximum absolute atomic E-state index is 11.9. The molecule has 0 aromatic rings. The molecule has 3 heteroatoms. The zero-order valence-electron chi connectivity index (χ0n) is 8.45. The lowest BCUT2D eigenvalue weighted by atomic mass is 10.1. The average molecular weight is 193 g/mol. The zero-order valence-corrected chi connectivity index (χ0v) is 8.45. The summed E-state index contributed by atoms with van der Waals surface area (Å²) in [5.41, 5.74) is 0.852. The Hall–Kier alpha value is -0.990. The van der Waals surface area contributed by atoms with Gasteiger partial charge in [-0.3, -0.25) is 4.79 Å².